The summed E-state index contributed by atoms with van der Waals surface area (Å²) < 4.78 is 0. The lowest BCUT2D eigenvalue weighted by Gasteiger charge is -2.14. The minimum absolute atomic E-state index is 0.235. The summed E-state index contributed by atoms with van der Waals surface area (Å²) in [5.74, 6) is -0.630. The summed E-state index contributed by atoms with van der Waals surface area (Å²) in [5.41, 5.74) is 4.27. The molecule has 0 saturated carbocycles. The van der Waals surface area contributed by atoms with Gasteiger partial charge in [-0.3, -0.25) is 4.79 Å². The summed E-state index contributed by atoms with van der Waals surface area (Å²) in [6, 6.07) is 3.43. The number of benzene rings is 1. The summed E-state index contributed by atoms with van der Waals surface area (Å²) in [5, 5.41) is 12.6. The zero-order valence-electron chi connectivity index (χ0n) is 19.2. The fourth-order valence-electron chi connectivity index (χ4n) is 2.83. The molecule has 1 atom stereocenters. The van der Waals surface area contributed by atoms with E-state index in [0.717, 1.165) is 25.7 Å². The van der Waals surface area contributed by atoms with Crippen molar-refractivity contribution in [1.29, 1.82) is 0 Å². The van der Waals surface area contributed by atoms with Crippen LogP contribution >= 0.6 is 35.0 Å². The second-order valence-corrected chi connectivity index (χ2v) is 9.97. The zero-order chi connectivity index (χ0) is 24.1. The lowest BCUT2D eigenvalue weighted by Crippen LogP contribution is -2.42. The maximum atomic E-state index is 12.4. The average molecular weight is 499 g/mol. The summed E-state index contributed by atoms with van der Waals surface area (Å²) in [4.78, 5) is 23.9. The van der Waals surface area contributed by atoms with Gasteiger partial charge in [-0.25, -0.2) is 4.79 Å². The molecule has 0 aliphatic rings. The molecule has 0 spiro atoms. The number of carboxylic acids is 1. The number of halogens is 2. The molecule has 0 aromatic heterocycles. The van der Waals surface area contributed by atoms with Crippen LogP contribution in [0.3, 0.4) is 0 Å². The van der Waals surface area contributed by atoms with Gasteiger partial charge in [0.2, 0.25) is 0 Å². The van der Waals surface area contributed by atoms with E-state index in [1.54, 1.807) is 0 Å². The predicted octanol–water partition coefficient (Wildman–Crippen LogP) is 7.33. The average Bonchev–Trinajstić information content (AvgIpc) is 2.68. The minimum atomic E-state index is -1.08. The molecule has 0 bridgehead atoms. The lowest BCUT2D eigenvalue weighted by atomic mass is 10.1. The third kappa shape index (κ3) is 12.4. The van der Waals surface area contributed by atoms with Gasteiger partial charge in [0.15, 0.2) is 0 Å². The highest BCUT2D eigenvalue weighted by Crippen LogP contribution is 2.19. The summed E-state index contributed by atoms with van der Waals surface area (Å²) in [6.07, 6.45) is 10.8. The zero-order valence-corrected chi connectivity index (χ0v) is 21.5. The van der Waals surface area contributed by atoms with Crippen molar-refractivity contribution in [3.05, 3.63) is 68.8 Å². The Labute approximate surface area is 206 Å². The Morgan fingerprint density at radius 1 is 0.969 bits per heavy atom. The number of carbonyl (C=O) groups is 2. The number of nitrogens with one attached hydrogen (secondary N) is 1. The molecule has 0 aliphatic heterocycles. The molecule has 1 rings (SSSR count). The molecule has 176 valence electrons. The summed E-state index contributed by atoms with van der Waals surface area (Å²) in [6.45, 7) is 8.50. The van der Waals surface area contributed by atoms with Gasteiger partial charge in [0.1, 0.15) is 6.04 Å². The number of allylic oxidation sites excluding steroid dienone is 5. The molecule has 7 heteroatoms. The highest BCUT2D eigenvalue weighted by Gasteiger charge is 2.21. The number of thioether (sulfide) groups is 1. The normalized spacial score (nSPS) is 12.9. The van der Waals surface area contributed by atoms with Gasteiger partial charge in [0.25, 0.3) is 5.91 Å². The molecule has 0 heterocycles. The van der Waals surface area contributed by atoms with E-state index in [1.165, 1.54) is 46.7 Å². The van der Waals surface area contributed by atoms with Gasteiger partial charge in [0, 0.05) is 27.1 Å². The number of hydrogen-bond acceptors (Lipinski definition) is 3. The third-order valence-corrected chi connectivity index (χ3v) is 6.09. The van der Waals surface area contributed by atoms with Gasteiger partial charge in [-0.2, -0.15) is 11.8 Å². The van der Waals surface area contributed by atoms with Crippen LogP contribution < -0.4 is 5.32 Å². The first-order valence-corrected chi connectivity index (χ1v) is 12.5. The van der Waals surface area contributed by atoms with Crippen molar-refractivity contribution in [3.63, 3.8) is 0 Å². The van der Waals surface area contributed by atoms with Gasteiger partial charge in [-0.15, -0.1) is 0 Å². The number of amides is 1. The monoisotopic (exact) mass is 497 g/mol. The molecule has 32 heavy (non-hydrogen) atoms. The maximum Gasteiger partial charge on any atom is 0.327 e. The second kappa shape index (κ2) is 15.2. The molecular formula is C25H33Cl2NO3S. The van der Waals surface area contributed by atoms with E-state index in [1.807, 2.05) is 0 Å². The largest absolute Gasteiger partial charge is 0.480 e. The molecule has 0 aliphatic carbocycles. The van der Waals surface area contributed by atoms with Gasteiger partial charge in [-0.05, 0) is 71.6 Å². The second-order valence-electron chi connectivity index (χ2n) is 8.02. The van der Waals surface area contributed by atoms with E-state index in [4.69, 9.17) is 23.2 Å². The Balaban J connectivity index is 2.44. The Kier molecular flexibility index (Phi) is 13.5. The van der Waals surface area contributed by atoms with Crippen LogP contribution in [0.4, 0.5) is 0 Å². The molecule has 0 unspecified atom stereocenters. The predicted molar refractivity (Wildman–Crippen MR) is 138 cm³/mol. The molecule has 0 saturated heterocycles. The first kappa shape index (κ1) is 28.3. The van der Waals surface area contributed by atoms with Crippen molar-refractivity contribution in [2.45, 2.75) is 59.4 Å². The topological polar surface area (TPSA) is 66.4 Å². The van der Waals surface area contributed by atoms with E-state index >= 15 is 0 Å². The molecule has 0 radical (unpaired) electrons. The first-order valence-electron chi connectivity index (χ1n) is 10.6. The molecule has 1 aromatic rings. The van der Waals surface area contributed by atoms with Crippen LogP contribution in [0.1, 0.15) is 63.7 Å². The highest BCUT2D eigenvalue weighted by molar-refractivity contribution is 7.99. The van der Waals surface area contributed by atoms with Crippen LogP contribution in [-0.4, -0.2) is 34.5 Å². The quantitative estimate of drug-likeness (QED) is 0.221. The molecule has 0 fully saturated rings. The van der Waals surface area contributed by atoms with E-state index in [2.05, 4.69) is 51.2 Å². The molecule has 4 nitrogen and oxygen atoms in total. The Hall–Kier alpha value is -1.69. The van der Waals surface area contributed by atoms with E-state index < -0.39 is 17.9 Å². The van der Waals surface area contributed by atoms with Crippen LogP contribution in [0.2, 0.25) is 10.0 Å². The van der Waals surface area contributed by atoms with Crippen LogP contribution in [0.25, 0.3) is 0 Å². The van der Waals surface area contributed by atoms with Crippen LogP contribution in [0, 0.1) is 0 Å². The minimum Gasteiger partial charge on any atom is -0.480 e. The van der Waals surface area contributed by atoms with Crippen molar-refractivity contribution in [1.82, 2.24) is 5.32 Å². The van der Waals surface area contributed by atoms with Gasteiger partial charge in [-0.1, -0.05) is 58.1 Å². The highest BCUT2D eigenvalue weighted by atomic mass is 35.5. The maximum absolute atomic E-state index is 12.4. The van der Waals surface area contributed by atoms with Crippen molar-refractivity contribution in [3.8, 4) is 0 Å². The Morgan fingerprint density at radius 3 is 2.09 bits per heavy atom. The van der Waals surface area contributed by atoms with Crippen molar-refractivity contribution < 1.29 is 14.7 Å². The number of rotatable bonds is 13. The van der Waals surface area contributed by atoms with E-state index in [-0.39, 0.29) is 11.3 Å². The lowest BCUT2D eigenvalue weighted by molar-refractivity contribution is -0.138. The third-order valence-electron chi connectivity index (χ3n) is 4.69. The number of carboxylic acid groups (broad SMARTS) is 1. The van der Waals surface area contributed by atoms with Crippen molar-refractivity contribution in [2.24, 2.45) is 0 Å². The number of carbonyl (C=O) groups excluding carboxylic acids is 1. The Morgan fingerprint density at radius 2 is 1.53 bits per heavy atom. The Bertz CT molecular complexity index is 854. The first-order chi connectivity index (χ1) is 15.1. The van der Waals surface area contributed by atoms with Gasteiger partial charge in [0.05, 0.1) is 0 Å². The molecular weight excluding hydrogens is 465 g/mol. The van der Waals surface area contributed by atoms with Gasteiger partial charge >= 0.3 is 5.97 Å². The summed E-state index contributed by atoms with van der Waals surface area (Å²) in [7, 11) is 0. The van der Waals surface area contributed by atoms with Crippen molar-refractivity contribution in [2.75, 3.05) is 11.5 Å². The van der Waals surface area contributed by atoms with Crippen LogP contribution in [0.15, 0.2) is 53.1 Å². The standard InChI is InChI=1S/C25H33Cl2NO3S/c1-17(2)7-5-8-18(3)9-6-10-19(4)11-12-32-16-23(25(30)31)28-24(29)20-13-21(26)15-22(27)14-20/h7,9,11,13-15,23H,5-6,8,10,12,16H2,1-4H3,(H,28,29)(H,30,31)/b18-9+,19-11+/t23-/m0/s1. The number of aliphatic carboxylic acids is 1. The van der Waals surface area contributed by atoms with Crippen LogP contribution in [-0.2, 0) is 4.79 Å². The fourth-order valence-corrected chi connectivity index (χ4v) is 4.35. The van der Waals surface area contributed by atoms with Crippen LogP contribution in [0.5, 0.6) is 0 Å². The SMILES string of the molecule is CC(C)=CCC/C(C)=C/CC/C(C)=C/CSC[C@H](NC(=O)c1cc(Cl)cc(Cl)c1)C(=O)O. The fraction of sp³-hybridized carbons (Fsp3) is 0.440. The van der Waals surface area contributed by atoms with Gasteiger partial charge < -0.3 is 10.4 Å². The number of hydrogen-bond donors (Lipinski definition) is 2. The summed E-state index contributed by atoms with van der Waals surface area (Å²) >= 11 is 13.3. The van der Waals surface area contributed by atoms with E-state index in [9.17, 15) is 14.7 Å². The smallest absolute Gasteiger partial charge is 0.327 e. The van der Waals surface area contributed by atoms with E-state index in [0.29, 0.717) is 15.8 Å². The molecule has 1 aromatic carbocycles. The molecule has 1 amide bonds. The van der Waals surface area contributed by atoms with Crippen molar-refractivity contribution >= 4 is 46.8 Å². The molecule has 2 N–H and O–H groups in total.